The highest BCUT2D eigenvalue weighted by molar-refractivity contribution is 5.76. The Kier molecular flexibility index (Phi) is 4.33. The van der Waals surface area contributed by atoms with E-state index < -0.39 is 5.79 Å². The number of rotatable bonds is 5. The molecule has 1 saturated heterocycles. The number of H-pyrrole nitrogens is 2. The number of nitrogens with zero attached hydrogens (tertiary/aromatic N) is 3. The summed E-state index contributed by atoms with van der Waals surface area (Å²) >= 11 is 0. The molecule has 4 heterocycles. The van der Waals surface area contributed by atoms with Crippen molar-refractivity contribution in [2.24, 2.45) is 10.7 Å². The number of allylic oxidation sites excluding steroid dienone is 1. The lowest BCUT2D eigenvalue weighted by Crippen LogP contribution is -2.57. The second-order valence-corrected chi connectivity index (χ2v) is 7.60. The van der Waals surface area contributed by atoms with Gasteiger partial charge in [0.2, 0.25) is 0 Å². The van der Waals surface area contributed by atoms with Crippen LogP contribution in [0.25, 0.3) is 11.0 Å². The summed E-state index contributed by atoms with van der Waals surface area (Å²) < 4.78 is 5.46. The molecular weight excluding hydrogens is 368 g/mol. The van der Waals surface area contributed by atoms with Crippen LogP contribution in [0.3, 0.4) is 0 Å². The number of hydrogen-bond donors (Lipinski definition) is 5. The first kappa shape index (κ1) is 17.9. The molecule has 2 aliphatic heterocycles. The maximum Gasteiger partial charge on any atom is 0.189 e. The number of aliphatic imine (C=N–C) groups is 1. The number of benzene rings is 1. The largest absolute Gasteiger partial charge is 0.381 e. The summed E-state index contributed by atoms with van der Waals surface area (Å²) in [6.45, 7) is 3.59. The van der Waals surface area contributed by atoms with Gasteiger partial charge in [-0.05, 0) is 30.2 Å². The molecule has 5 rings (SSSR count). The Bertz CT molecular complexity index is 1080. The van der Waals surface area contributed by atoms with Gasteiger partial charge in [0.15, 0.2) is 11.6 Å². The zero-order chi connectivity index (χ0) is 19.8. The van der Waals surface area contributed by atoms with E-state index in [4.69, 9.17) is 10.5 Å². The SMILES string of the molecule is C[C@@H](c1ccc2nc[nH]c2c1)C1(N)N=CC=C(Nc2cc(C3CCOC3)[nH]n2)N1. The van der Waals surface area contributed by atoms with Crippen LogP contribution in [0.15, 0.2) is 47.5 Å². The number of nitrogens with two attached hydrogens (primary N) is 1. The van der Waals surface area contributed by atoms with Crippen LogP contribution >= 0.6 is 0 Å². The molecule has 0 aliphatic carbocycles. The normalized spacial score (nSPS) is 25.0. The zero-order valence-corrected chi connectivity index (χ0v) is 16.1. The Morgan fingerprint density at radius 1 is 1.34 bits per heavy atom. The van der Waals surface area contributed by atoms with Crippen molar-refractivity contribution in [2.45, 2.75) is 31.0 Å². The minimum absolute atomic E-state index is 0.0812. The van der Waals surface area contributed by atoms with Gasteiger partial charge in [-0.25, -0.2) is 4.98 Å². The first-order chi connectivity index (χ1) is 14.1. The third-order valence-electron chi connectivity index (χ3n) is 5.70. The number of fused-ring (bicyclic) bond motifs is 1. The molecule has 0 amide bonds. The van der Waals surface area contributed by atoms with E-state index in [1.165, 1.54) is 0 Å². The quantitative estimate of drug-likeness (QED) is 0.452. The van der Waals surface area contributed by atoms with Crippen LogP contribution in [0.1, 0.15) is 36.4 Å². The maximum atomic E-state index is 6.64. The van der Waals surface area contributed by atoms with E-state index in [9.17, 15) is 0 Å². The van der Waals surface area contributed by atoms with Crippen LogP contribution in [0.4, 0.5) is 5.82 Å². The van der Waals surface area contributed by atoms with Crippen LogP contribution < -0.4 is 16.4 Å². The van der Waals surface area contributed by atoms with Gasteiger partial charge in [0, 0.05) is 36.4 Å². The summed E-state index contributed by atoms with van der Waals surface area (Å²) in [4.78, 5) is 11.9. The molecule has 3 atom stereocenters. The Morgan fingerprint density at radius 2 is 2.28 bits per heavy atom. The van der Waals surface area contributed by atoms with Crippen LogP contribution in [0.5, 0.6) is 0 Å². The predicted molar refractivity (Wildman–Crippen MR) is 112 cm³/mol. The molecule has 3 aromatic rings. The van der Waals surface area contributed by atoms with Crippen molar-refractivity contribution in [3.05, 3.63) is 53.7 Å². The molecule has 6 N–H and O–H groups in total. The van der Waals surface area contributed by atoms with Crippen molar-refractivity contribution in [1.82, 2.24) is 25.5 Å². The molecule has 9 heteroatoms. The van der Waals surface area contributed by atoms with Gasteiger partial charge in [-0.1, -0.05) is 13.0 Å². The van der Waals surface area contributed by atoms with Crippen LogP contribution in [-0.4, -0.2) is 45.4 Å². The summed E-state index contributed by atoms with van der Waals surface area (Å²) in [6, 6.07) is 8.10. The smallest absolute Gasteiger partial charge is 0.189 e. The number of hydrogen-bond acceptors (Lipinski definition) is 7. The van der Waals surface area contributed by atoms with E-state index >= 15 is 0 Å². The van der Waals surface area contributed by atoms with Gasteiger partial charge >= 0.3 is 0 Å². The van der Waals surface area contributed by atoms with Crippen molar-refractivity contribution in [1.29, 1.82) is 0 Å². The first-order valence-electron chi connectivity index (χ1n) is 9.76. The molecule has 2 unspecified atom stereocenters. The Balaban J connectivity index is 1.31. The van der Waals surface area contributed by atoms with E-state index in [2.05, 4.69) is 48.8 Å². The maximum absolute atomic E-state index is 6.64. The Morgan fingerprint density at radius 3 is 3.14 bits per heavy atom. The van der Waals surface area contributed by atoms with Gasteiger partial charge in [0.1, 0.15) is 5.82 Å². The summed E-state index contributed by atoms with van der Waals surface area (Å²) in [5.41, 5.74) is 10.7. The van der Waals surface area contributed by atoms with Crippen molar-refractivity contribution >= 4 is 23.1 Å². The summed E-state index contributed by atoms with van der Waals surface area (Å²) in [6.07, 6.45) is 6.28. The lowest BCUT2D eigenvalue weighted by molar-refractivity contribution is 0.193. The second kappa shape index (κ2) is 7.02. The van der Waals surface area contributed by atoms with Gasteiger partial charge in [0.25, 0.3) is 0 Å². The molecule has 0 spiro atoms. The fourth-order valence-corrected chi connectivity index (χ4v) is 3.82. The van der Waals surface area contributed by atoms with Gasteiger partial charge in [-0.2, -0.15) is 5.10 Å². The molecule has 0 radical (unpaired) electrons. The van der Waals surface area contributed by atoms with Crippen molar-refractivity contribution < 1.29 is 4.74 Å². The number of nitrogens with one attached hydrogen (secondary N) is 4. The molecule has 0 saturated carbocycles. The average molecular weight is 392 g/mol. The molecule has 29 heavy (non-hydrogen) atoms. The van der Waals surface area contributed by atoms with Gasteiger partial charge in [0.05, 0.1) is 24.0 Å². The molecule has 9 nitrogen and oxygen atoms in total. The van der Waals surface area contributed by atoms with Crippen molar-refractivity contribution in [3.63, 3.8) is 0 Å². The molecule has 2 aromatic heterocycles. The lowest BCUT2D eigenvalue weighted by Gasteiger charge is -2.36. The number of anilines is 1. The fraction of sp³-hybridized carbons (Fsp3) is 0.350. The standard InChI is InChI=1S/C20H24N8O/c1-12(13-2-3-15-17(8-13)23-11-22-15)20(21)24-6-4-18(26-20)25-19-9-16(27-28-19)14-5-7-29-10-14/h2-4,6,8-9,11-12,14,26H,5,7,10,21H2,1H3,(H,22,23)(H2,25,27,28)/t12-,14?,20?/m0/s1. The molecule has 1 fully saturated rings. The number of imidazole rings is 1. The monoisotopic (exact) mass is 392 g/mol. The molecule has 2 aliphatic rings. The van der Waals surface area contributed by atoms with E-state index in [1.54, 1.807) is 12.5 Å². The lowest BCUT2D eigenvalue weighted by atomic mass is 9.93. The van der Waals surface area contributed by atoms with Crippen molar-refractivity contribution in [2.75, 3.05) is 18.5 Å². The second-order valence-electron chi connectivity index (χ2n) is 7.60. The Hall–Kier alpha value is -3.17. The third-order valence-corrected chi connectivity index (χ3v) is 5.70. The minimum Gasteiger partial charge on any atom is -0.381 e. The molecule has 0 bridgehead atoms. The van der Waals surface area contributed by atoms with E-state index in [1.807, 2.05) is 24.3 Å². The summed E-state index contributed by atoms with van der Waals surface area (Å²) in [5, 5.41) is 14.1. The van der Waals surface area contributed by atoms with Crippen LogP contribution in [-0.2, 0) is 4.74 Å². The summed E-state index contributed by atoms with van der Waals surface area (Å²) in [7, 11) is 0. The van der Waals surface area contributed by atoms with Crippen LogP contribution in [0.2, 0.25) is 0 Å². The van der Waals surface area contributed by atoms with Gasteiger partial charge < -0.3 is 20.4 Å². The average Bonchev–Trinajstić information content (AvgIpc) is 3.47. The summed E-state index contributed by atoms with van der Waals surface area (Å²) in [5.74, 6) is 0.789. The molecule has 1 aromatic carbocycles. The first-order valence-corrected chi connectivity index (χ1v) is 9.76. The predicted octanol–water partition coefficient (Wildman–Crippen LogP) is 2.13. The minimum atomic E-state index is -0.983. The highest BCUT2D eigenvalue weighted by Gasteiger charge is 2.34. The highest BCUT2D eigenvalue weighted by atomic mass is 16.5. The number of aromatic amines is 2. The molecular formula is C20H24N8O. The van der Waals surface area contributed by atoms with E-state index in [0.29, 0.717) is 5.92 Å². The number of ether oxygens (including phenoxy) is 1. The Labute approximate surface area is 167 Å². The van der Waals surface area contributed by atoms with Crippen molar-refractivity contribution in [3.8, 4) is 0 Å². The fourth-order valence-electron chi connectivity index (χ4n) is 3.82. The van der Waals surface area contributed by atoms with Gasteiger partial charge in [-0.15, -0.1) is 0 Å². The van der Waals surface area contributed by atoms with E-state index in [-0.39, 0.29) is 5.92 Å². The topological polar surface area (TPSA) is 129 Å². The third kappa shape index (κ3) is 3.39. The van der Waals surface area contributed by atoms with E-state index in [0.717, 1.165) is 53.6 Å². The highest BCUT2D eigenvalue weighted by Crippen LogP contribution is 2.30. The van der Waals surface area contributed by atoms with Crippen LogP contribution in [0, 0.1) is 0 Å². The van der Waals surface area contributed by atoms with Gasteiger partial charge in [-0.3, -0.25) is 15.8 Å². The number of aromatic nitrogens is 4. The molecule has 150 valence electrons. The zero-order valence-electron chi connectivity index (χ0n) is 16.1.